The van der Waals surface area contributed by atoms with E-state index in [-0.39, 0.29) is 0 Å². The fraction of sp³-hybridized carbons (Fsp3) is 0.250. The number of rotatable bonds is 3. The summed E-state index contributed by atoms with van der Waals surface area (Å²) in [5, 5.41) is 0. The minimum atomic E-state index is 0.566. The predicted octanol–water partition coefficient (Wildman–Crippen LogP) is 4.26. The monoisotopic (exact) mass is 288 g/mol. The number of hydrogen-bond acceptors (Lipinski definition) is 2. The molecule has 0 fully saturated rings. The SMILES string of the molecule is CN(C)c1ccc(C2=C(c3ccncc3)C3C=CC2C3)cc1. The molecule has 1 aromatic carbocycles. The Morgan fingerprint density at radius 2 is 1.36 bits per heavy atom. The number of allylic oxidation sites excluding steroid dienone is 4. The maximum absolute atomic E-state index is 4.16. The summed E-state index contributed by atoms with van der Waals surface area (Å²) < 4.78 is 0. The van der Waals surface area contributed by atoms with Gasteiger partial charge in [0.25, 0.3) is 0 Å². The molecule has 0 radical (unpaired) electrons. The van der Waals surface area contributed by atoms with E-state index in [9.17, 15) is 0 Å². The third-order valence-electron chi connectivity index (χ3n) is 4.80. The number of anilines is 1. The molecule has 2 atom stereocenters. The number of fused-ring (bicyclic) bond motifs is 2. The van der Waals surface area contributed by atoms with Crippen LogP contribution in [-0.4, -0.2) is 19.1 Å². The third-order valence-corrected chi connectivity index (χ3v) is 4.80. The van der Waals surface area contributed by atoms with Crippen molar-refractivity contribution >= 4 is 16.8 Å². The minimum absolute atomic E-state index is 0.566. The molecule has 2 bridgehead atoms. The van der Waals surface area contributed by atoms with Crippen molar-refractivity contribution in [2.45, 2.75) is 6.42 Å². The number of pyridine rings is 1. The number of benzene rings is 1. The first-order valence-electron chi connectivity index (χ1n) is 7.84. The second-order valence-corrected chi connectivity index (χ2v) is 6.34. The lowest BCUT2D eigenvalue weighted by Gasteiger charge is -2.18. The Bertz CT molecular complexity index is 739. The zero-order valence-electron chi connectivity index (χ0n) is 13.0. The van der Waals surface area contributed by atoms with Crippen molar-refractivity contribution in [2.75, 3.05) is 19.0 Å². The first-order valence-corrected chi connectivity index (χ1v) is 7.84. The molecule has 1 aromatic heterocycles. The van der Waals surface area contributed by atoms with Crippen molar-refractivity contribution in [3.63, 3.8) is 0 Å². The molecule has 0 saturated carbocycles. The highest BCUT2D eigenvalue weighted by atomic mass is 15.1. The Balaban J connectivity index is 1.82. The first-order chi connectivity index (χ1) is 10.7. The Kier molecular flexibility index (Phi) is 3.11. The summed E-state index contributed by atoms with van der Waals surface area (Å²) in [6, 6.07) is 13.2. The van der Waals surface area contributed by atoms with Gasteiger partial charge in [0.05, 0.1) is 0 Å². The molecule has 2 heteroatoms. The lowest BCUT2D eigenvalue weighted by atomic mass is 9.87. The van der Waals surface area contributed by atoms with Crippen LogP contribution in [0.5, 0.6) is 0 Å². The van der Waals surface area contributed by atoms with Gasteiger partial charge >= 0.3 is 0 Å². The molecular formula is C20H20N2. The van der Waals surface area contributed by atoms with E-state index in [1.807, 2.05) is 12.4 Å². The molecule has 4 rings (SSSR count). The van der Waals surface area contributed by atoms with Gasteiger partial charge in [0.1, 0.15) is 0 Å². The smallest absolute Gasteiger partial charge is 0.0361 e. The molecule has 0 N–H and O–H groups in total. The van der Waals surface area contributed by atoms with E-state index in [0.717, 1.165) is 0 Å². The van der Waals surface area contributed by atoms with Crippen LogP contribution in [-0.2, 0) is 0 Å². The van der Waals surface area contributed by atoms with E-state index in [1.54, 1.807) is 0 Å². The average molecular weight is 288 g/mol. The van der Waals surface area contributed by atoms with Crippen molar-refractivity contribution < 1.29 is 0 Å². The van der Waals surface area contributed by atoms with Crippen LogP contribution in [0.4, 0.5) is 5.69 Å². The van der Waals surface area contributed by atoms with Gasteiger partial charge in [-0.05, 0) is 53.0 Å². The summed E-state index contributed by atoms with van der Waals surface area (Å²) in [4.78, 5) is 6.30. The second kappa shape index (κ2) is 5.13. The number of nitrogens with zero attached hydrogens (tertiary/aromatic N) is 2. The Morgan fingerprint density at radius 1 is 0.818 bits per heavy atom. The van der Waals surface area contributed by atoms with Gasteiger partial charge in [0, 0.05) is 44.0 Å². The lowest BCUT2D eigenvalue weighted by molar-refractivity contribution is 0.746. The molecule has 2 nitrogen and oxygen atoms in total. The normalized spacial score (nSPS) is 22.5. The van der Waals surface area contributed by atoms with E-state index >= 15 is 0 Å². The highest BCUT2D eigenvalue weighted by Gasteiger charge is 2.36. The van der Waals surface area contributed by atoms with Gasteiger partial charge in [0.15, 0.2) is 0 Å². The van der Waals surface area contributed by atoms with E-state index in [1.165, 1.54) is 34.4 Å². The second-order valence-electron chi connectivity index (χ2n) is 6.34. The minimum Gasteiger partial charge on any atom is -0.378 e. The number of hydrogen-bond donors (Lipinski definition) is 0. The third kappa shape index (κ3) is 2.07. The van der Waals surface area contributed by atoms with Gasteiger partial charge in [-0.3, -0.25) is 4.98 Å². The van der Waals surface area contributed by atoms with Gasteiger partial charge in [-0.1, -0.05) is 24.3 Å². The van der Waals surface area contributed by atoms with Crippen molar-refractivity contribution in [1.29, 1.82) is 0 Å². The van der Waals surface area contributed by atoms with Crippen LogP contribution in [0.15, 0.2) is 60.9 Å². The summed E-state index contributed by atoms with van der Waals surface area (Å²) in [7, 11) is 4.16. The van der Waals surface area contributed by atoms with E-state index in [4.69, 9.17) is 0 Å². The molecule has 22 heavy (non-hydrogen) atoms. The van der Waals surface area contributed by atoms with Crippen LogP contribution in [0.25, 0.3) is 11.1 Å². The average Bonchev–Trinajstić information content (AvgIpc) is 3.17. The molecule has 0 amide bonds. The lowest BCUT2D eigenvalue weighted by Crippen LogP contribution is -2.08. The van der Waals surface area contributed by atoms with Gasteiger partial charge in [0.2, 0.25) is 0 Å². The molecule has 2 unspecified atom stereocenters. The van der Waals surface area contributed by atoms with Crippen LogP contribution in [0.2, 0.25) is 0 Å². The maximum Gasteiger partial charge on any atom is 0.0361 e. The van der Waals surface area contributed by atoms with Crippen molar-refractivity contribution in [3.8, 4) is 0 Å². The van der Waals surface area contributed by atoms with E-state index < -0.39 is 0 Å². The van der Waals surface area contributed by atoms with E-state index in [2.05, 4.69) is 72.5 Å². The fourth-order valence-corrected chi connectivity index (χ4v) is 3.74. The van der Waals surface area contributed by atoms with Crippen molar-refractivity contribution in [1.82, 2.24) is 4.98 Å². The molecular weight excluding hydrogens is 268 g/mol. The quantitative estimate of drug-likeness (QED) is 0.784. The summed E-state index contributed by atoms with van der Waals surface area (Å²) in [6.45, 7) is 0. The predicted molar refractivity (Wildman–Crippen MR) is 92.6 cm³/mol. The van der Waals surface area contributed by atoms with E-state index in [0.29, 0.717) is 11.8 Å². The maximum atomic E-state index is 4.16. The topological polar surface area (TPSA) is 16.1 Å². The highest BCUT2D eigenvalue weighted by molar-refractivity contribution is 5.97. The fourth-order valence-electron chi connectivity index (χ4n) is 3.74. The molecule has 0 aliphatic heterocycles. The van der Waals surface area contributed by atoms with Crippen molar-refractivity contribution in [3.05, 3.63) is 72.1 Å². The highest BCUT2D eigenvalue weighted by Crippen LogP contribution is 2.52. The van der Waals surface area contributed by atoms with Gasteiger partial charge in [-0.2, -0.15) is 0 Å². The van der Waals surface area contributed by atoms with Crippen LogP contribution >= 0.6 is 0 Å². The largest absolute Gasteiger partial charge is 0.378 e. The molecule has 2 aliphatic carbocycles. The van der Waals surface area contributed by atoms with Crippen LogP contribution < -0.4 is 4.90 Å². The van der Waals surface area contributed by atoms with Crippen LogP contribution in [0, 0.1) is 11.8 Å². The Labute approximate surface area is 131 Å². The van der Waals surface area contributed by atoms with Crippen molar-refractivity contribution in [2.24, 2.45) is 11.8 Å². The van der Waals surface area contributed by atoms with Crippen LogP contribution in [0.3, 0.4) is 0 Å². The first kappa shape index (κ1) is 13.3. The van der Waals surface area contributed by atoms with Crippen LogP contribution in [0.1, 0.15) is 17.5 Å². The Morgan fingerprint density at radius 3 is 1.91 bits per heavy atom. The zero-order chi connectivity index (χ0) is 15.1. The summed E-state index contributed by atoms with van der Waals surface area (Å²) in [6.07, 6.45) is 9.76. The standard InChI is InChI=1S/C20H20N2/c1-22(2)18-7-5-14(6-8-18)19-16-3-4-17(13-16)20(19)15-9-11-21-12-10-15/h3-12,16-17H,13H2,1-2H3. The van der Waals surface area contributed by atoms with Gasteiger partial charge in [-0.15, -0.1) is 0 Å². The zero-order valence-corrected chi connectivity index (χ0v) is 13.0. The van der Waals surface area contributed by atoms with Gasteiger partial charge < -0.3 is 4.90 Å². The molecule has 0 saturated heterocycles. The molecule has 2 aromatic rings. The molecule has 110 valence electrons. The number of aromatic nitrogens is 1. The molecule has 2 aliphatic rings. The summed E-state index contributed by atoms with van der Waals surface area (Å²) in [5.41, 5.74) is 6.91. The Hall–Kier alpha value is -2.35. The molecule has 0 spiro atoms. The summed E-state index contributed by atoms with van der Waals surface area (Å²) >= 11 is 0. The molecule has 1 heterocycles. The van der Waals surface area contributed by atoms with Gasteiger partial charge in [-0.25, -0.2) is 0 Å². The summed E-state index contributed by atoms with van der Waals surface area (Å²) in [5.74, 6) is 1.13.